The molecule has 90 valence electrons. The third-order valence-corrected chi connectivity index (χ3v) is 2.39. The van der Waals surface area contributed by atoms with Crippen LogP contribution in [-0.4, -0.2) is 21.7 Å². The third-order valence-electron chi connectivity index (χ3n) is 2.39. The Kier molecular flexibility index (Phi) is 5.19. The van der Waals surface area contributed by atoms with Crippen molar-refractivity contribution in [2.24, 2.45) is 5.92 Å². The molecule has 0 radical (unpaired) electrons. The Balaban J connectivity index is 2.40. The molecule has 1 N–H and O–H groups in total. The number of rotatable bonds is 6. The molecular weight excluding hydrogens is 204 g/mol. The maximum absolute atomic E-state index is 8.96. The molecule has 0 aliphatic heterocycles. The molecule has 1 aromatic rings. The number of hydrogen-bond donors (Lipinski definition) is 1. The van der Waals surface area contributed by atoms with Crippen molar-refractivity contribution in [1.82, 2.24) is 9.97 Å². The van der Waals surface area contributed by atoms with Crippen molar-refractivity contribution < 1.29 is 9.84 Å². The second kappa shape index (κ2) is 6.43. The van der Waals surface area contributed by atoms with Gasteiger partial charge in [0.25, 0.3) is 0 Å². The molecule has 0 unspecified atom stereocenters. The Labute approximate surface area is 96.7 Å². The molecule has 1 heterocycles. The van der Waals surface area contributed by atoms with Crippen molar-refractivity contribution in [3.8, 4) is 6.01 Å². The molecule has 1 rings (SSSR count). The quantitative estimate of drug-likeness (QED) is 0.752. The third kappa shape index (κ3) is 4.14. The normalized spacial score (nSPS) is 10.8. The summed E-state index contributed by atoms with van der Waals surface area (Å²) in [6, 6.07) is 0.401. The molecule has 4 nitrogen and oxygen atoms in total. The summed E-state index contributed by atoms with van der Waals surface area (Å²) in [5, 5.41) is 8.96. The molecule has 16 heavy (non-hydrogen) atoms. The summed E-state index contributed by atoms with van der Waals surface area (Å²) < 4.78 is 5.43. The van der Waals surface area contributed by atoms with Crippen LogP contribution in [0.4, 0.5) is 0 Å². The molecule has 1 aromatic heterocycles. The van der Waals surface area contributed by atoms with Gasteiger partial charge in [0.15, 0.2) is 0 Å². The lowest BCUT2D eigenvalue weighted by Gasteiger charge is -2.07. The van der Waals surface area contributed by atoms with E-state index in [4.69, 9.17) is 9.84 Å². The summed E-state index contributed by atoms with van der Waals surface area (Å²) in [7, 11) is 0. The fourth-order valence-corrected chi connectivity index (χ4v) is 1.35. The van der Waals surface area contributed by atoms with Crippen molar-refractivity contribution in [3.63, 3.8) is 0 Å². The molecule has 0 spiro atoms. The van der Waals surface area contributed by atoms with E-state index >= 15 is 0 Å². The standard InChI is InChI=1S/C12H20N2O2/c1-9(2)5-4-6-16-12-13-7-11(8-15)10(3)14-12/h7,9,15H,4-6,8H2,1-3H3. The topological polar surface area (TPSA) is 55.2 Å². The van der Waals surface area contributed by atoms with E-state index in [1.54, 1.807) is 6.20 Å². The molecule has 0 saturated heterocycles. The number of aromatic nitrogens is 2. The Morgan fingerprint density at radius 1 is 1.44 bits per heavy atom. The number of aliphatic hydroxyl groups is 1. The van der Waals surface area contributed by atoms with E-state index in [2.05, 4.69) is 23.8 Å². The second-order valence-electron chi connectivity index (χ2n) is 4.31. The zero-order valence-corrected chi connectivity index (χ0v) is 10.2. The van der Waals surface area contributed by atoms with Crippen LogP contribution in [-0.2, 0) is 6.61 Å². The average Bonchev–Trinajstić information content (AvgIpc) is 2.24. The largest absolute Gasteiger partial charge is 0.463 e. The summed E-state index contributed by atoms with van der Waals surface area (Å²) >= 11 is 0. The first-order chi connectivity index (χ1) is 7.63. The van der Waals surface area contributed by atoms with E-state index in [0.29, 0.717) is 18.5 Å². The van der Waals surface area contributed by atoms with Crippen molar-refractivity contribution in [2.45, 2.75) is 40.2 Å². The lowest BCUT2D eigenvalue weighted by atomic mass is 10.1. The Morgan fingerprint density at radius 2 is 2.19 bits per heavy atom. The molecule has 0 aliphatic rings. The number of aryl methyl sites for hydroxylation is 1. The highest BCUT2D eigenvalue weighted by molar-refractivity contribution is 5.16. The van der Waals surface area contributed by atoms with Crippen LogP contribution in [0.1, 0.15) is 37.9 Å². The average molecular weight is 224 g/mol. The van der Waals surface area contributed by atoms with Crippen molar-refractivity contribution >= 4 is 0 Å². The van der Waals surface area contributed by atoms with Gasteiger partial charge in [0, 0.05) is 11.8 Å². The van der Waals surface area contributed by atoms with Gasteiger partial charge in [0.05, 0.1) is 18.9 Å². The predicted molar refractivity (Wildman–Crippen MR) is 62.3 cm³/mol. The smallest absolute Gasteiger partial charge is 0.316 e. The van der Waals surface area contributed by atoms with Gasteiger partial charge in [-0.1, -0.05) is 13.8 Å². The van der Waals surface area contributed by atoms with Crippen LogP contribution in [0, 0.1) is 12.8 Å². The first-order valence-corrected chi connectivity index (χ1v) is 5.69. The van der Waals surface area contributed by atoms with Gasteiger partial charge in [0.1, 0.15) is 0 Å². The van der Waals surface area contributed by atoms with Crippen LogP contribution >= 0.6 is 0 Å². The molecule has 0 fully saturated rings. The van der Waals surface area contributed by atoms with Gasteiger partial charge in [-0.3, -0.25) is 0 Å². The summed E-state index contributed by atoms with van der Waals surface area (Å²) in [6.45, 7) is 6.84. The van der Waals surface area contributed by atoms with Crippen molar-refractivity contribution in [3.05, 3.63) is 17.5 Å². The minimum Gasteiger partial charge on any atom is -0.463 e. The first kappa shape index (κ1) is 12.9. The van der Waals surface area contributed by atoms with E-state index in [1.807, 2.05) is 6.92 Å². The number of hydrogen-bond acceptors (Lipinski definition) is 4. The van der Waals surface area contributed by atoms with Gasteiger partial charge in [-0.2, -0.15) is 0 Å². The van der Waals surface area contributed by atoms with Crippen molar-refractivity contribution in [1.29, 1.82) is 0 Å². The monoisotopic (exact) mass is 224 g/mol. The lowest BCUT2D eigenvalue weighted by molar-refractivity contribution is 0.267. The molecular formula is C12H20N2O2. The number of aliphatic hydroxyl groups excluding tert-OH is 1. The minimum absolute atomic E-state index is 0.0283. The molecule has 0 atom stereocenters. The Hall–Kier alpha value is -1.16. The summed E-state index contributed by atoms with van der Waals surface area (Å²) in [5.74, 6) is 0.697. The highest BCUT2D eigenvalue weighted by Crippen LogP contribution is 2.09. The lowest BCUT2D eigenvalue weighted by Crippen LogP contribution is -2.04. The molecule has 4 heteroatoms. The van der Waals surface area contributed by atoms with Gasteiger partial charge in [-0.05, 0) is 25.7 Å². The fourth-order valence-electron chi connectivity index (χ4n) is 1.35. The van der Waals surface area contributed by atoms with Gasteiger partial charge in [-0.25, -0.2) is 9.97 Å². The van der Waals surface area contributed by atoms with E-state index < -0.39 is 0 Å². The number of nitrogens with zero attached hydrogens (tertiary/aromatic N) is 2. The van der Waals surface area contributed by atoms with Crippen LogP contribution in [0.25, 0.3) is 0 Å². The molecule has 0 aromatic carbocycles. The fraction of sp³-hybridized carbons (Fsp3) is 0.667. The molecule has 0 saturated carbocycles. The van der Waals surface area contributed by atoms with Crippen LogP contribution < -0.4 is 4.74 Å². The maximum Gasteiger partial charge on any atom is 0.316 e. The first-order valence-electron chi connectivity index (χ1n) is 5.69. The summed E-state index contributed by atoms with van der Waals surface area (Å²) in [6.07, 6.45) is 3.77. The maximum atomic E-state index is 8.96. The minimum atomic E-state index is -0.0283. The summed E-state index contributed by atoms with van der Waals surface area (Å²) in [5.41, 5.74) is 1.52. The van der Waals surface area contributed by atoms with Gasteiger partial charge in [0.2, 0.25) is 0 Å². The molecule has 0 bridgehead atoms. The second-order valence-corrected chi connectivity index (χ2v) is 4.31. The van der Waals surface area contributed by atoms with Gasteiger partial charge >= 0.3 is 6.01 Å². The predicted octanol–water partition coefficient (Wildman–Crippen LogP) is 2.09. The van der Waals surface area contributed by atoms with Crippen LogP contribution in [0.2, 0.25) is 0 Å². The van der Waals surface area contributed by atoms with Crippen LogP contribution in [0.5, 0.6) is 6.01 Å². The Bertz CT molecular complexity index is 327. The SMILES string of the molecule is Cc1nc(OCCCC(C)C)ncc1CO. The number of ether oxygens (including phenoxy) is 1. The zero-order chi connectivity index (χ0) is 12.0. The zero-order valence-electron chi connectivity index (χ0n) is 10.2. The highest BCUT2D eigenvalue weighted by atomic mass is 16.5. The van der Waals surface area contributed by atoms with Crippen molar-refractivity contribution in [2.75, 3.05) is 6.61 Å². The highest BCUT2D eigenvalue weighted by Gasteiger charge is 2.03. The van der Waals surface area contributed by atoms with Gasteiger partial charge in [-0.15, -0.1) is 0 Å². The van der Waals surface area contributed by atoms with Gasteiger partial charge < -0.3 is 9.84 Å². The van der Waals surface area contributed by atoms with E-state index in [1.165, 1.54) is 0 Å². The van der Waals surface area contributed by atoms with E-state index in [-0.39, 0.29) is 6.61 Å². The summed E-state index contributed by atoms with van der Waals surface area (Å²) in [4.78, 5) is 8.20. The van der Waals surface area contributed by atoms with Crippen LogP contribution in [0.3, 0.4) is 0 Å². The Morgan fingerprint density at radius 3 is 2.75 bits per heavy atom. The molecule has 0 aliphatic carbocycles. The van der Waals surface area contributed by atoms with E-state index in [0.717, 1.165) is 24.1 Å². The van der Waals surface area contributed by atoms with Crippen LogP contribution in [0.15, 0.2) is 6.20 Å². The van der Waals surface area contributed by atoms with E-state index in [9.17, 15) is 0 Å². The molecule has 0 amide bonds.